The van der Waals surface area contributed by atoms with Gasteiger partial charge in [0, 0.05) is 42.9 Å². The molecule has 1 aromatic heterocycles. The zero-order chi connectivity index (χ0) is 16.9. The summed E-state index contributed by atoms with van der Waals surface area (Å²) in [7, 11) is 0. The Labute approximate surface area is 145 Å². The molecule has 2 heterocycles. The van der Waals surface area contributed by atoms with Gasteiger partial charge in [-0.15, -0.1) is 11.3 Å². The van der Waals surface area contributed by atoms with E-state index in [-0.39, 0.29) is 16.7 Å². The van der Waals surface area contributed by atoms with Gasteiger partial charge in [0.15, 0.2) is 0 Å². The Morgan fingerprint density at radius 2 is 2.33 bits per heavy atom. The molecule has 0 radical (unpaired) electrons. The number of benzene rings is 1. The molecule has 1 fully saturated rings. The largest absolute Gasteiger partial charge is 0.377 e. The Morgan fingerprint density at radius 3 is 3.00 bits per heavy atom. The fourth-order valence-electron chi connectivity index (χ4n) is 2.95. The number of rotatable bonds is 7. The quantitative estimate of drug-likeness (QED) is 0.566. The third-order valence-electron chi connectivity index (χ3n) is 4.04. The van der Waals surface area contributed by atoms with Crippen molar-refractivity contribution in [3.63, 3.8) is 0 Å². The third kappa shape index (κ3) is 4.59. The zero-order valence-corrected chi connectivity index (χ0v) is 14.5. The van der Waals surface area contributed by atoms with Gasteiger partial charge < -0.3 is 4.74 Å². The smallest absolute Gasteiger partial charge is 0.269 e. The van der Waals surface area contributed by atoms with Crippen LogP contribution in [0.3, 0.4) is 0 Å². The van der Waals surface area contributed by atoms with Gasteiger partial charge in [0.1, 0.15) is 5.01 Å². The van der Waals surface area contributed by atoms with E-state index in [0.29, 0.717) is 6.54 Å². The maximum absolute atomic E-state index is 11.0. The summed E-state index contributed by atoms with van der Waals surface area (Å²) in [5.74, 6) is 0. The van der Waals surface area contributed by atoms with Crippen LogP contribution in [0.2, 0.25) is 0 Å². The highest BCUT2D eigenvalue weighted by molar-refractivity contribution is 7.09. The maximum Gasteiger partial charge on any atom is 0.269 e. The molecular formula is C17H21N3O3S. The monoisotopic (exact) mass is 347 g/mol. The van der Waals surface area contributed by atoms with Crippen LogP contribution in [0, 0.1) is 17.0 Å². The predicted octanol–water partition coefficient (Wildman–Crippen LogP) is 3.54. The van der Waals surface area contributed by atoms with Crippen LogP contribution >= 0.6 is 11.3 Å². The average Bonchev–Trinajstić information content (AvgIpc) is 3.19. The van der Waals surface area contributed by atoms with Crippen molar-refractivity contribution in [3.8, 4) is 0 Å². The van der Waals surface area contributed by atoms with Crippen LogP contribution < -0.4 is 0 Å². The van der Waals surface area contributed by atoms with Crippen molar-refractivity contribution in [2.24, 2.45) is 0 Å². The van der Waals surface area contributed by atoms with Crippen LogP contribution in [-0.4, -0.2) is 34.1 Å². The SMILES string of the molecule is Cc1csc(CN(Cc2cccc([N+](=O)[O-])c2)C[C@@H]2CCCO2)n1. The van der Waals surface area contributed by atoms with Crippen molar-refractivity contribution in [1.29, 1.82) is 0 Å². The fraction of sp³-hybridized carbons (Fsp3) is 0.471. The van der Waals surface area contributed by atoms with Crippen molar-refractivity contribution in [2.75, 3.05) is 13.2 Å². The number of nitro groups is 1. The first-order valence-electron chi connectivity index (χ1n) is 8.08. The molecule has 24 heavy (non-hydrogen) atoms. The molecule has 0 unspecified atom stereocenters. The van der Waals surface area contributed by atoms with Crippen LogP contribution in [0.15, 0.2) is 29.6 Å². The molecular weight excluding hydrogens is 326 g/mol. The van der Waals surface area contributed by atoms with Crippen LogP contribution in [0.5, 0.6) is 0 Å². The molecule has 0 N–H and O–H groups in total. The van der Waals surface area contributed by atoms with Crippen LogP contribution in [0.25, 0.3) is 0 Å². The van der Waals surface area contributed by atoms with E-state index < -0.39 is 0 Å². The lowest BCUT2D eigenvalue weighted by Crippen LogP contribution is -2.31. The van der Waals surface area contributed by atoms with E-state index in [1.165, 1.54) is 6.07 Å². The molecule has 1 aliphatic heterocycles. The first kappa shape index (κ1) is 17.0. The predicted molar refractivity (Wildman–Crippen MR) is 93.0 cm³/mol. The number of hydrogen-bond donors (Lipinski definition) is 0. The molecule has 0 saturated carbocycles. The summed E-state index contributed by atoms with van der Waals surface area (Å²) in [5, 5.41) is 14.1. The maximum atomic E-state index is 11.0. The van der Waals surface area contributed by atoms with Gasteiger partial charge in [0.25, 0.3) is 5.69 Å². The van der Waals surface area contributed by atoms with Crippen molar-refractivity contribution in [1.82, 2.24) is 9.88 Å². The van der Waals surface area contributed by atoms with Crippen LogP contribution in [-0.2, 0) is 17.8 Å². The van der Waals surface area contributed by atoms with E-state index in [4.69, 9.17) is 4.74 Å². The number of non-ortho nitro benzene ring substituents is 1. The molecule has 0 bridgehead atoms. The molecule has 1 aromatic carbocycles. The molecule has 0 amide bonds. The molecule has 1 aliphatic rings. The summed E-state index contributed by atoms with van der Waals surface area (Å²) < 4.78 is 5.76. The van der Waals surface area contributed by atoms with Gasteiger partial charge in [0.05, 0.1) is 17.6 Å². The minimum Gasteiger partial charge on any atom is -0.377 e. The van der Waals surface area contributed by atoms with Crippen molar-refractivity contribution in [3.05, 3.63) is 56.0 Å². The summed E-state index contributed by atoms with van der Waals surface area (Å²) in [6.07, 6.45) is 2.42. The van der Waals surface area contributed by atoms with Crippen molar-refractivity contribution in [2.45, 2.75) is 39.0 Å². The van der Waals surface area contributed by atoms with E-state index in [9.17, 15) is 10.1 Å². The first-order valence-corrected chi connectivity index (χ1v) is 8.96. The van der Waals surface area contributed by atoms with Gasteiger partial charge in [-0.25, -0.2) is 4.98 Å². The van der Waals surface area contributed by atoms with E-state index in [1.54, 1.807) is 23.5 Å². The first-order chi connectivity index (χ1) is 11.6. The van der Waals surface area contributed by atoms with Gasteiger partial charge in [0.2, 0.25) is 0 Å². The molecule has 3 rings (SSSR count). The molecule has 7 heteroatoms. The summed E-state index contributed by atoms with van der Waals surface area (Å²) in [4.78, 5) is 17.4. The van der Waals surface area contributed by atoms with Crippen LogP contribution in [0.4, 0.5) is 5.69 Å². The Kier molecular flexibility index (Phi) is 5.55. The average molecular weight is 347 g/mol. The second-order valence-electron chi connectivity index (χ2n) is 6.11. The second kappa shape index (κ2) is 7.83. The van der Waals surface area contributed by atoms with Crippen molar-refractivity contribution >= 4 is 17.0 Å². The molecule has 6 nitrogen and oxygen atoms in total. The Morgan fingerprint density at radius 1 is 1.46 bits per heavy atom. The molecule has 0 spiro atoms. The van der Waals surface area contributed by atoms with Crippen molar-refractivity contribution < 1.29 is 9.66 Å². The van der Waals surface area contributed by atoms with E-state index >= 15 is 0 Å². The standard InChI is InChI=1S/C17H21N3O3S/c1-13-12-24-17(18-13)11-19(10-16-6-3-7-23-16)9-14-4-2-5-15(8-14)20(21)22/h2,4-5,8,12,16H,3,6-7,9-11H2,1H3/t16-/m0/s1. The number of thiazole rings is 1. The highest BCUT2D eigenvalue weighted by Crippen LogP contribution is 2.20. The van der Waals surface area contributed by atoms with Gasteiger partial charge in [-0.2, -0.15) is 0 Å². The summed E-state index contributed by atoms with van der Waals surface area (Å²) in [5.41, 5.74) is 2.10. The third-order valence-corrected chi connectivity index (χ3v) is 4.99. The second-order valence-corrected chi connectivity index (χ2v) is 7.06. The van der Waals surface area contributed by atoms with E-state index in [1.807, 2.05) is 18.4 Å². The molecule has 128 valence electrons. The number of aromatic nitrogens is 1. The van der Waals surface area contributed by atoms with E-state index in [0.717, 1.165) is 48.8 Å². The molecule has 2 aromatic rings. The number of hydrogen-bond acceptors (Lipinski definition) is 6. The number of ether oxygens (including phenoxy) is 1. The minimum absolute atomic E-state index is 0.134. The fourth-order valence-corrected chi connectivity index (χ4v) is 3.77. The Hall–Kier alpha value is -1.83. The zero-order valence-electron chi connectivity index (χ0n) is 13.7. The highest BCUT2D eigenvalue weighted by Gasteiger charge is 2.21. The number of nitro benzene ring substituents is 1. The lowest BCUT2D eigenvalue weighted by molar-refractivity contribution is -0.384. The van der Waals surface area contributed by atoms with Gasteiger partial charge in [-0.05, 0) is 25.3 Å². The Balaban J connectivity index is 1.72. The van der Waals surface area contributed by atoms with Crippen LogP contribution in [0.1, 0.15) is 29.1 Å². The van der Waals surface area contributed by atoms with E-state index in [2.05, 4.69) is 9.88 Å². The summed E-state index contributed by atoms with van der Waals surface area (Å²) >= 11 is 1.65. The normalized spacial score (nSPS) is 17.5. The van der Waals surface area contributed by atoms with Gasteiger partial charge >= 0.3 is 0 Å². The number of aryl methyl sites for hydroxylation is 1. The summed E-state index contributed by atoms with van der Waals surface area (Å²) in [6.45, 7) is 5.03. The number of nitrogens with zero attached hydrogens (tertiary/aromatic N) is 3. The summed E-state index contributed by atoms with van der Waals surface area (Å²) in [6, 6.07) is 6.85. The molecule has 0 aliphatic carbocycles. The minimum atomic E-state index is -0.349. The topological polar surface area (TPSA) is 68.5 Å². The lowest BCUT2D eigenvalue weighted by atomic mass is 10.1. The Bertz CT molecular complexity index is 698. The molecule has 1 saturated heterocycles. The van der Waals surface area contributed by atoms with Gasteiger partial charge in [-0.1, -0.05) is 12.1 Å². The molecule has 1 atom stereocenters. The highest BCUT2D eigenvalue weighted by atomic mass is 32.1. The lowest BCUT2D eigenvalue weighted by Gasteiger charge is -2.24. The van der Waals surface area contributed by atoms with Gasteiger partial charge in [-0.3, -0.25) is 15.0 Å².